The van der Waals surface area contributed by atoms with Crippen molar-refractivity contribution >= 4 is 17.5 Å². The first-order valence-corrected chi connectivity index (χ1v) is 9.94. The SMILES string of the molecule is COCCN1CC(C(=O)Nc2ccc(CN3CCC(C)CC3)cc2)CC1=O. The fourth-order valence-corrected chi connectivity index (χ4v) is 3.78. The summed E-state index contributed by atoms with van der Waals surface area (Å²) in [5, 5.41) is 2.96. The van der Waals surface area contributed by atoms with Crippen LogP contribution < -0.4 is 5.32 Å². The van der Waals surface area contributed by atoms with Crippen molar-refractivity contribution in [2.45, 2.75) is 32.7 Å². The Labute approximate surface area is 161 Å². The van der Waals surface area contributed by atoms with Crippen LogP contribution in [0.2, 0.25) is 0 Å². The Hall–Kier alpha value is -1.92. The summed E-state index contributed by atoms with van der Waals surface area (Å²) >= 11 is 0. The normalized spacial score (nSPS) is 21.6. The van der Waals surface area contributed by atoms with Crippen LogP contribution in [0.1, 0.15) is 31.7 Å². The minimum atomic E-state index is -0.288. The number of hydrogen-bond acceptors (Lipinski definition) is 4. The van der Waals surface area contributed by atoms with Crippen LogP contribution in [0.15, 0.2) is 24.3 Å². The zero-order valence-electron chi connectivity index (χ0n) is 16.4. The van der Waals surface area contributed by atoms with E-state index in [-0.39, 0.29) is 24.2 Å². The van der Waals surface area contributed by atoms with E-state index in [1.165, 1.54) is 18.4 Å². The number of piperidine rings is 1. The Balaban J connectivity index is 1.48. The Morgan fingerprint density at radius 2 is 1.93 bits per heavy atom. The number of likely N-dealkylation sites (tertiary alicyclic amines) is 2. The molecule has 0 aliphatic carbocycles. The molecule has 0 aromatic heterocycles. The summed E-state index contributed by atoms with van der Waals surface area (Å²) in [5.41, 5.74) is 2.06. The molecule has 0 radical (unpaired) electrons. The number of amides is 2. The van der Waals surface area contributed by atoms with E-state index < -0.39 is 0 Å². The number of carbonyl (C=O) groups is 2. The first-order chi connectivity index (χ1) is 13.0. The third kappa shape index (κ3) is 5.53. The van der Waals surface area contributed by atoms with E-state index in [0.717, 1.165) is 31.2 Å². The summed E-state index contributed by atoms with van der Waals surface area (Å²) < 4.78 is 5.02. The van der Waals surface area contributed by atoms with Crippen LogP contribution >= 0.6 is 0 Å². The van der Waals surface area contributed by atoms with Gasteiger partial charge in [0.15, 0.2) is 0 Å². The molecule has 27 heavy (non-hydrogen) atoms. The van der Waals surface area contributed by atoms with Crippen molar-refractivity contribution in [3.63, 3.8) is 0 Å². The Kier molecular flexibility index (Phi) is 6.85. The maximum absolute atomic E-state index is 12.5. The number of hydrogen-bond donors (Lipinski definition) is 1. The van der Waals surface area contributed by atoms with E-state index in [1.807, 2.05) is 12.1 Å². The van der Waals surface area contributed by atoms with Gasteiger partial charge in [-0.3, -0.25) is 14.5 Å². The lowest BCUT2D eigenvalue weighted by atomic mass is 9.99. The highest BCUT2D eigenvalue weighted by Gasteiger charge is 2.33. The average molecular weight is 373 g/mol. The van der Waals surface area contributed by atoms with E-state index in [4.69, 9.17) is 4.74 Å². The van der Waals surface area contributed by atoms with Crippen LogP contribution in [0.3, 0.4) is 0 Å². The number of nitrogens with zero attached hydrogens (tertiary/aromatic N) is 2. The molecule has 0 saturated carbocycles. The zero-order valence-corrected chi connectivity index (χ0v) is 16.4. The fraction of sp³-hybridized carbons (Fsp3) is 0.619. The number of ether oxygens (including phenoxy) is 1. The molecular weight excluding hydrogens is 342 g/mol. The smallest absolute Gasteiger partial charge is 0.229 e. The molecule has 2 amide bonds. The van der Waals surface area contributed by atoms with Crippen LogP contribution in [0.4, 0.5) is 5.69 Å². The number of nitrogens with one attached hydrogen (secondary N) is 1. The zero-order chi connectivity index (χ0) is 19.2. The van der Waals surface area contributed by atoms with Gasteiger partial charge in [0.2, 0.25) is 11.8 Å². The molecule has 148 valence electrons. The molecule has 2 saturated heterocycles. The summed E-state index contributed by atoms with van der Waals surface area (Å²) in [6, 6.07) is 8.08. The number of carbonyl (C=O) groups excluding carboxylic acids is 2. The van der Waals surface area contributed by atoms with Gasteiger partial charge in [0.05, 0.1) is 12.5 Å². The van der Waals surface area contributed by atoms with E-state index in [1.54, 1.807) is 12.0 Å². The van der Waals surface area contributed by atoms with Gasteiger partial charge < -0.3 is 15.0 Å². The third-order valence-corrected chi connectivity index (χ3v) is 5.65. The van der Waals surface area contributed by atoms with E-state index in [0.29, 0.717) is 19.7 Å². The molecule has 0 spiro atoms. The third-order valence-electron chi connectivity index (χ3n) is 5.65. The molecule has 2 aliphatic rings. The molecule has 6 heteroatoms. The molecule has 3 rings (SSSR count). The lowest BCUT2D eigenvalue weighted by Crippen LogP contribution is -2.32. The molecule has 1 N–H and O–H groups in total. The second kappa shape index (κ2) is 9.33. The number of methoxy groups -OCH3 is 1. The van der Waals surface area contributed by atoms with Gasteiger partial charge in [-0.15, -0.1) is 0 Å². The van der Waals surface area contributed by atoms with Crippen LogP contribution in [-0.4, -0.2) is 61.5 Å². The highest BCUT2D eigenvalue weighted by atomic mass is 16.5. The van der Waals surface area contributed by atoms with E-state index in [2.05, 4.69) is 29.3 Å². The summed E-state index contributed by atoms with van der Waals surface area (Å²) in [5.74, 6) is 0.496. The minimum Gasteiger partial charge on any atom is -0.383 e. The lowest BCUT2D eigenvalue weighted by molar-refractivity contribution is -0.128. The number of anilines is 1. The number of rotatable bonds is 7. The summed E-state index contributed by atoms with van der Waals surface area (Å²) in [6.07, 6.45) is 2.83. The van der Waals surface area contributed by atoms with Crippen LogP contribution in [0.5, 0.6) is 0 Å². The Morgan fingerprint density at radius 1 is 1.22 bits per heavy atom. The molecular formula is C21H31N3O3. The Morgan fingerprint density at radius 3 is 2.59 bits per heavy atom. The van der Waals surface area contributed by atoms with Gasteiger partial charge >= 0.3 is 0 Å². The predicted octanol–water partition coefficient (Wildman–Crippen LogP) is 2.35. The van der Waals surface area contributed by atoms with Crippen molar-refractivity contribution in [3.05, 3.63) is 29.8 Å². The lowest BCUT2D eigenvalue weighted by Gasteiger charge is -2.30. The van der Waals surface area contributed by atoms with Crippen molar-refractivity contribution in [2.24, 2.45) is 11.8 Å². The maximum Gasteiger partial charge on any atom is 0.229 e. The van der Waals surface area contributed by atoms with Crippen molar-refractivity contribution in [2.75, 3.05) is 45.2 Å². The second-order valence-electron chi connectivity index (χ2n) is 7.88. The monoisotopic (exact) mass is 373 g/mol. The second-order valence-corrected chi connectivity index (χ2v) is 7.88. The fourth-order valence-electron chi connectivity index (χ4n) is 3.78. The first kappa shape index (κ1) is 19.8. The molecule has 2 fully saturated rings. The van der Waals surface area contributed by atoms with Gasteiger partial charge in [-0.05, 0) is 49.5 Å². The topological polar surface area (TPSA) is 61.9 Å². The molecule has 2 aliphatic heterocycles. The highest BCUT2D eigenvalue weighted by molar-refractivity contribution is 5.97. The van der Waals surface area contributed by atoms with Gasteiger partial charge in [-0.1, -0.05) is 19.1 Å². The van der Waals surface area contributed by atoms with Crippen LogP contribution in [0, 0.1) is 11.8 Å². The van der Waals surface area contributed by atoms with Gasteiger partial charge in [0.25, 0.3) is 0 Å². The van der Waals surface area contributed by atoms with Crippen molar-refractivity contribution in [1.29, 1.82) is 0 Å². The van der Waals surface area contributed by atoms with Gasteiger partial charge in [-0.2, -0.15) is 0 Å². The largest absolute Gasteiger partial charge is 0.383 e. The van der Waals surface area contributed by atoms with Gasteiger partial charge in [-0.25, -0.2) is 0 Å². The molecule has 1 atom stereocenters. The molecule has 2 heterocycles. The van der Waals surface area contributed by atoms with Crippen molar-refractivity contribution in [1.82, 2.24) is 9.80 Å². The maximum atomic E-state index is 12.5. The Bertz CT molecular complexity index is 639. The van der Waals surface area contributed by atoms with E-state index in [9.17, 15) is 9.59 Å². The average Bonchev–Trinajstić information content (AvgIpc) is 3.04. The van der Waals surface area contributed by atoms with Gasteiger partial charge in [0, 0.05) is 38.9 Å². The van der Waals surface area contributed by atoms with Crippen LogP contribution in [-0.2, 0) is 20.9 Å². The standard InChI is InChI=1S/C21H31N3O3/c1-16-7-9-23(10-8-16)14-17-3-5-19(6-4-17)22-21(26)18-13-20(25)24(15-18)11-12-27-2/h3-6,16,18H,7-15H2,1-2H3,(H,22,26). The van der Waals surface area contributed by atoms with Crippen molar-refractivity contribution < 1.29 is 14.3 Å². The predicted molar refractivity (Wildman–Crippen MR) is 105 cm³/mol. The summed E-state index contributed by atoms with van der Waals surface area (Å²) in [7, 11) is 1.61. The molecule has 0 bridgehead atoms. The van der Waals surface area contributed by atoms with E-state index >= 15 is 0 Å². The van der Waals surface area contributed by atoms with Gasteiger partial charge in [0.1, 0.15) is 0 Å². The minimum absolute atomic E-state index is 0.0263. The highest BCUT2D eigenvalue weighted by Crippen LogP contribution is 2.21. The summed E-state index contributed by atoms with van der Waals surface area (Å²) in [4.78, 5) is 28.7. The first-order valence-electron chi connectivity index (χ1n) is 9.94. The van der Waals surface area contributed by atoms with Crippen LogP contribution in [0.25, 0.3) is 0 Å². The molecule has 1 aromatic rings. The van der Waals surface area contributed by atoms with Crippen molar-refractivity contribution in [3.8, 4) is 0 Å². The molecule has 1 unspecified atom stereocenters. The molecule has 1 aromatic carbocycles. The summed E-state index contributed by atoms with van der Waals surface area (Å²) in [6.45, 7) is 7.12. The number of benzene rings is 1. The quantitative estimate of drug-likeness (QED) is 0.797. The molecule has 6 nitrogen and oxygen atoms in total.